The molecule has 0 spiro atoms. The van der Waals surface area contributed by atoms with Gasteiger partial charge in [-0.25, -0.2) is 0 Å². The van der Waals surface area contributed by atoms with Gasteiger partial charge in [0.1, 0.15) is 0 Å². The van der Waals surface area contributed by atoms with E-state index >= 15 is 0 Å². The summed E-state index contributed by atoms with van der Waals surface area (Å²) in [4.78, 5) is -0.0666. The Morgan fingerprint density at radius 1 is 1.29 bits per heavy atom. The molecule has 7 heteroatoms. The van der Waals surface area contributed by atoms with E-state index in [2.05, 4.69) is 0 Å². The van der Waals surface area contributed by atoms with Gasteiger partial charge in [-0.2, -0.15) is 8.42 Å². The lowest BCUT2D eigenvalue weighted by Crippen LogP contribution is -2.21. The fraction of sp³-hybridized carbons (Fsp3) is 0.571. The molecule has 1 atom stereocenters. The van der Waals surface area contributed by atoms with Crippen molar-refractivity contribution in [2.75, 3.05) is 13.2 Å². The third kappa shape index (κ3) is 6.54. The minimum atomic E-state index is -4.02. The molecule has 1 aliphatic heterocycles. The molecule has 1 aliphatic rings. The topological polar surface area (TPSA) is 93.1 Å². The molecule has 1 fully saturated rings. The second-order valence-corrected chi connectivity index (χ2v) is 6.67. The molecule has 1 aromatic rings. The minimum absolute atomic E-state index is 0.0666. The van der Waals surface area contributed by atoms with E-state index in [4.69, 9.17) is 19.1 Å². The standard InChI is InChI=1S/C7H8O3S.C7H14O3/c1-6-2-4-7(5-3-6)11(8,9)10;1-7(2)9-5-6(10-7)3-4-8/h2-5H,1H3,(H,8,9,10);6,8H,3-5H2,1-2H3. The van der Waals surface area contributed by atoms with Crippen molar-refractivity contribution in [1.29, 1.82) is 0 Å². The Morgan fingerprint density at radius 3 is 2.24 bits per heavy atom. The first-order valence-corrected chi connectivity index (χ1v) is 8.05. The van der Waals surface area contributed by atoms with Crippen molar-refractivity contribution in [3.8, 4) is 0 Å². The second-order valence-electron chi connectivity index (χ2n) is 5.25. The van der Waals surface area contributed by atoms with Gasteiger partial charge in [-0.05, 0) is 39.3 Å². The molecular formula is C14H22O6S. The Balaban J connectivity index is 0.000000211. The lowest BCUT2D eigenvalue weighted by atomic mass is 10.2. The van der Waals surface area contributed by atoms with Crippen LogP contribution in [0.15, 0.2) is 29.2 Å². The molecular weight excluding hydrogens is 296 g/mol. The fourth-order valence-corrected chi connectivity index (χ4v) is 2.24. The molecule has 1 unspecified atom stereocenters. The second kappa shape index (κ2) is 7.33. The summed E-state index contributed by atoms with van der Waals surface area (Å²) in [6.07, 6.45) is 0.753. The van der Waals surface area contributed by atoms with Crippen molar-refractivity contribution in [2.24, 2.45) is 0 Å². The normalized spacial score (nSPS) is 20.7. The van der Waals surface area contributed by atoms with E-state index in [-0.39, 0.29) is 17.6 Å². The van der Waals surface area contributed by atoms with Gasteiger partial charge in [0.2, 0.25) is 0 Å². The highest BCUT2D eigenvalue weighted by Gasteiger charge is 2.31. The maximum absolute atomic E-state index is 10.5. The summed E-state index contributed by atoms with van der Waals surface area (Å²) in [5.41, 5.74) is 0.956. The van der Waals surface area contributed by atoms with Crippen LogP contribution in [0.1, 0.15) is 25.8 Å². The van der Waals surface area contributed by atoms with Crippen molar-refractivity contribution in [3.63, 3.8) is 0 Å². The van der Waals surface area contributed by atoms with Gasteiger partial charge in [-0.1, -0.05) is 17.7 Å². The summed E-state index contributed by atoms with van der Waals surface area (Å²) in [6, 6.07) is 5.99. The molecule has 6 nitrogen and oxygen atoms in total. The van der Waals surface area contributed by atoms with Crippen LogP contribution in [0.5, 0.6) is 0 Å². The zero-order valence-corrected chi connectivity index (χ0v) is 13.3. The average molecular weight is 318 g/mol. The Kier molecular flexibility index (Phi) is 6.30. The predicted molar refractivity (Wildman–Crippen MR) is 77.6 cm³/mol. The van der Waals surface area contributed by atoms with Crippen LogP contribution in [0.4, 0.5) is 0 Å². The predicted octanol–water partition coefficient (Wildman–Crippen LogP) is 1.76. The highest BCUT2D eigenvalue weighted by Crippen LogP contribution is 2.23. The smallest absolute Gasteiger partial charge is 0.294 e. The van der Waals surface area contributed by atoms with Crippen molar-refractivity contribution >= 4 is 10.1 Å². The zero-order chi connectivity index (χ0) is 16.1. The quantitative estimate of drug-likeness (QED) is 0.825. The maximum Gasteiger partial charge on any atom is 0.294 e. The lowest BCUT2D eigenvalue weighted by molar-refractivity contribution is -0.139. The molecule has 2 rings (SSSR count). The molecule has 1 heterocycles. The van der Waals surface area contributed by atoms with E-state index in [0.717, 1.165) is 5.56 Å². The first-order valence-electron chi connectivity index (χ1n) is 6.61. The van der Waals surface area contributed by atoms with E-state index in [9.17, 15) is 8.42 Å². The summed E-state index contributed by atoms with van der Waals surface area (Å²) in [5.74, 6) is -0.445. The molecule has 0 aromatic heterocycles. The van der Waals surface area contributed by atoms with Crippen molar-refractivity contribution in [3.05, 3.63) is 29.8 Å². The van der Waals surface area contributed by atoms with E-state index in [1.165, 1.54) is 12.1 Å². The molecule has 0 amide bonds. The van der Waals surface area contributed by atoms with E-state index in [1.54, 1.807) is 12.1 Å². The van der Waals surface area contributed by atoms with Crippen LogP contribution in [0.25, 0.3) is 0 Å². The van der Waals surface area contributed by atoms with Crippen LogP contribution in [0.2, 0.25) is 0 Å². The summed E-state index contributed by atoms with van der Waals surface area (Å²) in [5, 5.41) is 8.56. The number of hydrogen-bond acceptors (Lipinski definition) is 5. The molecule has 0 radical (unpaired) electrons. The van der Waals surface area contributed by atoms with Crippen molar-refractivity contribution in [2.45, 2.75) is 44.0 Å². The summed E-state index contributed by atoms with van der Waals surface area (Å²) >= 11 is 0. The van der Waals surface area contributed by atoms with Crippen LogP contribution in [0, 0.1) is 6.92 Å². The largest absolute Gasteiger partial charge is 0.396 e. The van der Waals surface area contributed by atoms with Crippen LogP contribution in [-0.2, 0) is 19.6 Å². The highest BCUT2D eigenvalue weighted by atomic mass is 32.2. The minimum Gasteiger partial charge on any atom is -0.396 e. The molecule has 120 valence electrons. The average Bonchev–Trinajstić information content (AvgIpc) is 2.69. The number of aliphatic hydroxyl groups excluding tert-OH is 1. The number of benzene rings is 1. The highest BCUT2D eigenvalue weighted by molar-refractivity contribution is 7.85. The summed E-state index contributed by atoms with van der Waals surface area (Å²) in [7, 11) is -4.02. The molecule has 0 aliphatic carbocycles. The van der Waals surface area contributed by atoms with Gasteiger partial charge in [0, 0.05) is 6.61 Å². The van der Waals surface area contributed by atoms with Gasteiger partial charge < -0.3 is 14.6 Å². The van der Waals surface area contributed by atoms with Crippen LogP contribution >= 0.6 is 0 Å². The molecule has 1 saturated heterocycles. The van der Waals surface area contributed by atoms with Crippen molar-refractivity contribution < 1.29 is 27.6 Å². The molecule has 0 saturated carbocycles. The van der Waals surface area contributed by atoms with Crippen LogP contribution in [-0.4, -0.2) is 43.2 Å². The Morgan fingerprint density at radius 2 is 1.86 bits per heavy atom. The molecule has 0 bridgehead atoms. The molecule has 1 aromatic carbocycles. The Hall–Kier alpha value is -0.990. The number of ether oxygens (including phenoxy) is 2. The molecule has 21 heavy (non-hydrogen) atoms. The van der Waals surface area contributed by atoms with Crippen LogP contribution in [0.3, 0.4) is 0 Å². The van der Waals surface area contributed by atoms with Gasteiger partial charge >= 0.3 is 0 Å². The first kappa shape index (κ1) is 18.1. The van der Waals surface area contributed by atoms with Gasteiger partial charge in [0.25, 0.3) is 10.1 Å². The number of aryl methyl sites for hydroxylation is 1. The van der Waals surface area contributed by atoms with Crippen LogP contribution < -0.4 is 0 Å². The van der Waals surface area contributed by atoms with Gasteiger partial charge in [-0.15, -0.1) is 0 Å². The number of hydrogen-bond donors (Lipinski definition) is 2. The monoisotopic (exact) mass is 318 g/mol. The zero-order valence-electron chi connectivity index (χ0n) is 12.4. The third-order valence-electron chi connectivity index (χ3n) is 2.84. The van der Waals surface area contributed by atoms with E-state index in [0.29, 0.717) is 13.0 Å². The maximum atomic E-state index is 10.5. The Bertz CT molecular complexity index is 535. The third-order valence-corrected chi connectivity index (χ3v) is 3.71. The summed E-state index contributed by atoms with van der Waals surface area (Å²) in [6.45, 7) is 6.38. The van der Waals surface area contributed by atoms with Crippen molar-refractivity contribution in [1.82, 2.24) is 0 Å². The fourth-order valence-electron chi connectivity index (χ4n) is 1.76. The number of aliphatic hydroxyl groups is 1. The summed E-state index contributed by atoms with van der Waals surface area (Å²) < 4.78 is 40.2. The van der Waals surface area contributed by atoms with Gasteiger partial charge in [0.05, 0.1) is 17.6 Å². The SMILES string of the molecule is CC1(C)OCC(CCO)O1.Cc1ccc(S(=O)(=O)O)cc1. The van der Waals surface area contributed by atoms with E-state index < -0.39 is 15.9 Å². The van der Waals surface area contributed by atoms with E-state index in [1.807, 2.05) is 20.8 Å². The van der Waals surface area contributed by atoms with Gasteiger partial charge in [-0.3, -0.25) is 4.55 Å². The lowest BCUT2D eigenvalue weighted by Gasteiger charge is -2.16. The first-order chi connectivity index (χ1) is 9.64. The molecule has 2 N–H and O–H groups in total. The van der Waals surface area contributed by atoms with Gasteiger partial charge in [0.15, 0.2) is 5.79 Å². The number of rotatable bonds is 3. The Labute approximate surface area is 125 Å².